The lowest BCUT2D eigenvalue weighted by Crippen LogP contribution is -2.04. The summed E-state index contributed by atoms with van der Waals surface area (Å²) < 4.78 is 9.77. The molecule has 0 saturated carbocycles. The zero-order chi connectivity index (χ0) is 6.95. The van der Waals surface area contributed by atoms with E-state index < -0.39 is 0 Å². The Balaban J connectivity index is 2.60. The predicted molar refractivity (Wildman–Crippen MR) is 45.5 cm³/mol. The summed E-state index contributed by atoms with van der Waals surface area (Å²) in [6, 6.07) is 0. The second-order valence-corrected chi connectivity index (χ2v) is 2.66. The molecule has 56 valence electrons. The van der Waals surface area contributed by atoms with Crippen molar-refractivity contribution in [1.29, 1.82) is 0 Å². The number of ether oxygens (including phenoxy) is 1. The Labute approximate surface area is 70.9 Å². The third-order valence-corrected chi connectivity index (χ3v) is 1.61. The quantitative estimate of drug-likeness (QED) is 0.441. The van der Waals surface area contributed by atoms with Crippen LogP contribution in [0.3, 0.4) is 0 Å². The molecular formula is C4H9IO3S. The molecule has 3 nitrogen and oxygen atoms in total. The highest BCUT2D eigenvalue weighted by atomic mass is 127. The van der Waals surface area contributed by atoms with Crippen molar-refractivity contribution in [2.24, 2.45) is 0 Å². The van der Waals surface area contributed by atoms with Crippen LogP contribution in [0.4, 0.5) is 0 Å². The Bertz CT molecular complexity index is 49.1. The molecule has 0 aliphatic rings. The molecule has 0 bridgehead atoms. The van der Waals surface area contributed by atoms with E-state index in [4.69, 9.17) is 14.0 Å². The van der Waals surface area contributed by atoms with E-state index >= 15 is 0 Å². The van der Waals surface area contributed by atoms with Crippen LogP contribution in [0.2, 0.25) is 0 Å². The van der Waals surface area contributed by atoms with Gasteiger partial charge in [0.05, 0.1) is 35.6 Å². The van der Waals surface area contributed by atoms with Gasteiger partial charge in [-0.2, -0.15) is 0 Å². The molecular weight excluding hydrogens is 255 g/mol. The summed E-state index contributed by atoms with van der Waals surface area (Å²) in [6.07, 6.45) is 0. The topological polar surface area (TPSA) is 38.7 Å². The first-order valence-electron chi connectivity index (χ1n) is 2.50. The summed E-state index contributed by atoms with van der Waals surface area (Å²) in [7, 11) is 1.29. The highest BCUT2D eigenvalue weighted by Gasteiger charge is 1.85. The molecule has 0 aliphatic carbocycles. The molecule has 5 heteroatoms. The monoisotopic (exact) mass is 264 g/mol. The van der Waals surface area contributed by atoms with Gasteiger partial charge in [-0.1, -0.05) is 0 Å². The number of aliphatic hydroxyl groups is 1. The van der Waals surface area contributed by atoms with Crippen LogP contribution in [-0.2, 0) is 8.92 Å². The average Bonchev–Trinajstić information content (AvgIpc) is 1.89. The molecule has 0 atom stereocenters. The van der Waals surface area contributed by atoms with Crippen molar-refractivity contribution in [2.45, 2.75) is 0 Å². The van der Waals surface area contributed by atoms with E-state index in [9.17, 15) is 0 Å². The molecule has 9 heavy (non-hydrogen) atoms. The smallest absolute Gasteiger partial charge is 0.0857 e. The Morgan fingerprint density at radius 2 is 2.11 bits per heavy atom. The first-order valence-corrected chi connectivity index (χ1v) is 5.79. The standard InChI is InChI=1S/C4H9IO3S/c5-9-8-4-3-7-2-1-6/h6H,1-4H2. The molecule has 0 aromatic carbocycles. The van der Waals surface area contributed by atoms with Crippen molar-refractivity contribution in [2.75, 3.05) is 26.4 Å². The van der Waals surface area contributed by atoms with E-state index in [1.807, 2.05) is 21.2 Å². The highest BCUT2D eigenvalue weighted by molar-refractivity contribution is 14.2. The van der Waals surface area contributed by atoms with Crippen LogP contribution in [0.5, 0.6) is 0 Å². The lowest BCUT2D eigenvalue weighted by atomic mass is 10.7. The van der Waals surface area contributed by atoms with Crippen molar-refractivity contribution in [3.63, 3.8) is 0 Å². The fourth-order valence-corrected chi connectivity index (χ4v) is 0.961. The average molecular weight is 264 g/mol. The van der Waals surface area contributed by atoms with Crippen LogP contribution in [0, 0.1) is 0 Å². The molecule has 0 aromatic heterocycles. The molecule has 1 N–H and O–H groups in total. The highest BCUT2D eigenvalue weighted by Crippen LogP contribution is 2.10. The van der Waals surface area contributed by atoms with Crippen LogP contribution >= 0.6 is 30.4 Å². The minimum Gasteiger partial charge on any atom is -0.394 e. The van der Waals surface area contributed by atoms with E-state index in [1.165, 1.54) is 9.21 Å². The summed E-state index contributed by atoms with van der Waals surface area (Å²) in [4.78, 5) is 0. The maximum Gasteiger partial charge on any atom is 0.0857 e. The van der Waals surface area contributed by atoms with Crippen LogP contribution in [-0.4, -0.2) is 31.5 Å². The van der Waals surface area contributed by atoms with Gasteiger partial charge in [0.15, 0.2) is 0 Å². The molecule has 0 heterocycles. The summed E-state index contributed by atoms with van der Waals surface area (Å²) in [5, 5.41) is 8.25. The number of rotatable bonds is 6. The van der Waals surface area contributed by atoms with Crippen LogP contribution in [0.1, 0.15) is 0 Å². The van der Waals surface area contributed by atoms with E-state index in [2.05, 4.69) is 0 Å². The third-order valence-electron chi connectivity index (χ3n) is 0.591. The minimum atomic E-state index is 0.0807. The Morgan fingerprint density at radius 3 is 2.67 bits per heavy atom. The summed E-state index contributed by atoms with van der Waals surface area (Å²) in [5.74, 6) is 0. The van der Waals surface area contributed by atoms with Gasteiger partial charge in [0.1, 0.15) is 0 Å². The van der Waals surface area contributed by atoms with Crippen molar-refractivity contribution in [3.05, 3.63) is 0 Å². The zero-order valence-corrected chi connectivity index (χ0v) is 7.85. The van der Waals surface area contributed by atoms with Gasteiger partial charge >= 0.3 is 0 Å². The number of hydrogen-bond donors (Lipinski definition) is 1. The molecule has 0 aliphatic heterocycles. The SMILES string of the molecule is OCCOCCOSI. The van der Waals surface area contributed by atoms with Gasteiger partial charge in [-0.25, -0.2) is 0 Å². The Hall–Kier alpha value is 0.960. The number of hydrogen-bond acceptors (Lipinski definition) is 4. The van der Waals surface area contributed by atoms with E-state index in [0.29, 0.717) is 19.8 Å². The normalized spacial score (nSPS) is 10.0. The molecule has 0 rings (SSSR count). The molecule has 0 fully saturated rings. The van der Waals surface area contributed by atoms with Gasteiger partial charge in [-0.15, -0.1) is 0 Å². The second-order valence-electron chi connectivity index (χ2n) is 1.22. The zero-order valence-electron chi connectivity index (χ0n) is 4.88. The molecule has 0 aromatic rings. The summed E-state index contributed by atoms with van der Waals surface area (Å²) in [6.45, 7) is 1.61. The lowest BCUT2D eigenvalue weighted by Gasteiger charge is -1.98. The van der Waals surface area contributed by atoms with Crippen molar-refractivity contribution < 1.29 is 14.0 Å². The second kappa shape index (κ2) is 8.96. The molecule has 0 spiro atoms. The van der Waals surface area contributed by atoms with Gasteiger partial charge in [0.25, 0.3) is 0 Å². The van der Waals surface area contributed by atoms with Crippen molar-refractivity contribution >= 4 is 30.4 Å². The van der Waals surface area contributed by atoms with Crippen molar-refractivity contribution in [1.82, 2.24) is 0 Å². The van der Waals surface area contributed by atoms with E-state index in [0.717, 1.165) is 0 Å². The summed E-state index contributed by atoms with van der Waals surface area (Å²) in [5.41, 5.74) is 0. The van der Waals surface area contributed by atoms with Gasteiger partial charge in [-0.05, 0) is 0 Å². The largest absolute Gasteiger partial charge is 0.394 e. The molecule has 0 saturated heterocycles. The van der Waals surface area contributed by atoms with Gasteiger partial charge < -0.3 is 14.0 Å². The fourth-order valence-electron chi connectivity index (χ4n) is 0.291. The maximum absolute atomic E-state index is 8.25. The van der Waals surface area contributed by atoms with Gasteiger partial charge in [0, 0.05) is 21.2 Å². The van der Waals surface area contributed by atoms with E-state index in [-0.39, 0.29) is 6.61 Å². The lowest BCUT2D eigenvalue weighted by molar-refractivity contribution is 0.0753. The van der Waals surface area contributed by atoms with Gasteiger partial charge in [0.2, 0.25) is 0 Å². The Kier molecular flexibility index (Phi) is 9.92. The minimum absolute atomic E-state index is 0.0807. The summed E-state index contributed by atoms with van der Waals surface area (Å²) >= 11 is 2.04. The van der Waals surface area contributed by atoms with E-state index in [1.54, 1.807) is 0 Å². The third kappa shape index (κ3) is 8.96. The van der Waals surface area contributed by atoms with Crippen LogP contribution in [0.15, 0.2) is 0 Å². The number of aliphatic hydroxyl groups excluding tert-OH is 1. The fraction of sp³-hybridized carbons (Fsp3) is 1.00. The predicted octanol–water partition coefficient (Wildman–Crippen LogP) is 1.01. The molecule has 0 radical (unpaired) electrons. The van der Waals surface area contributed by atoms with Crippen LogP contribution < -0.4 is 0 Å². The van der Waals surface area contributed by atoms with Crippen molar-refractivity contribution in [3.8, 4) is 0 Å². The number of halogens is 1. The first kappa shape index (κ1) is 9.96. The Morgan fingerprint density at radius 1 is 1.33 bits per heavy atom. The molecule has 0 amide bonds. The maximum atomic E-state index is 8.25. The van der Waals surface area contributed by atoms with Crippen LogP contribution in [0.25, 0.3) is 0 Å². The first-order chi connectivity index (χ1) is 4.41. The van der Waals surface area contributed by atoms with Gasteiger partial charge in [-0.3, -0.25) is 0 Å². The molecule has 0 unspecified atom stereocenters.